The topological polar surface area (TPSA) is 92.3 Å². The fourth-order valence-corrected chi connectivity index (χ4v) is 5.09. The molecule has 1 N–H and O–H groups in total. The Kier molecular flexibility index (Phi) is 7.34. The predicted molar refractivity (Wildman–Crippen MR) is 127 cm³/mol. The van der Waals surface area contributed by atoms with E-state index in [0.717, 1.165) is 4.90 Å². The van der Waals surface area contributed by atoms with E-state index in [-0.39, 0.29) is 23.4 Å². The number of aryl methyl sites for hydroxylation is 2. The molecule has 0 spiro atoms. The molecule has 0 radical (unpaired) electrons. The zero-order valence-electron chi connectivity index (χ0n) is 20.7. The van der Waals surface area contributed by atoms with E-state index in [1.807, 2.05) is 0 Å². The zero-order chi connectivity index (χ0) is 26.3. The molecule has 192 valence electrons. The minimum absolute atomic E-state index is 0.0559. The summed E-state index contributed by atoms with van der Waals surface area (Å²) in [6, 6.07) is 3.02. The van der Waals surface area contributed by atoms with Crippen LogP contribution < -0.4 is 4.72 Å². The Hall–Kier alpha value is -2.53. The lowest BCUT2D eigenvalue weighted by molar-refractivity contribution is -0.141. The molecule has 1 saturated heterocycles. The molecule has 0 saturated carbocycles. The molecule has 1 aliphatic rings. The van der Waals surface area contributed by atoms with Gasteiger partial charge in [-0.05, 0) is 44.9 Å². The van der Waals surface area contributed by atoms with E-state index >= 15 is 13.2 Å². The number of benzene rings is 1. The van der Waals surface area contributed by atoms with Gasteiger partial charge in [-0.15, -0.1) is 0 Å². The highest BCUT2D eigenvalue weighted by Crippen LogP contribution is 2.38. The summed E-state index contributed by atoms with van der Waals surface area (Å²) in [4.78, 5) is 22.6. The van der Waals surface area contributed by atoms with Crippen LogP contribution in [0.4, 0.5) is 13.2 Å². The number of nitrogens with zero attached hydrogens (tertiary/aromatic N) is 3. The van der Waals surface area contributed by atoms with E-state index in [1.165, 1.54) is 19.1 Å². The molecule has 0 unspecified atom stereocenters. The highest BCUT2D eigenvalue weighted by Gasteiger charge is 2.58. The maximum Gasteiger partial charge on any atom is 0.283 e. The number of nitrogens with one attached hydrogen (secondary N) is 1. The second-order valence-corrected chi connectivity index (χ2v) is 12.0. The van der Waals surface area contributed by atoms with Crippen molar-refractivity contribution >= 4 is 15.9 Å². The molecular weight excluding hydrogens is 481 g/mol. The van der Waals surface area contributed by atoms with Crippen molar-refractivity contribution in [3.05, 3.63) is 47.0 Å². The molecule has 11 heteroatoms. The summed E-state index contributed by atoms with van der Waals surface area (Å²) in [5.74, 6) is -5.07. The molecule has 1 aromatic heterocycles. The molecule has 7 nitrogen and oxygen atoms in total. The van der Waals surface area contributed by atoms with Crippen LogP contribution in [0.15, 0.2) is 24.3 Å². The number of alkyl halides is 2. The summed E-state index contributed by atoms with van der Waals surface area (Å²) >= 11 is 0. The number of hydrogen-bond acceptors (Lipinski definition) is 5. The lowest BCUT2D eigenvalue weighted by Crippen LogP contribution is -2.53. The van der Waals surface area contributed by atoms with Gasteiger partial charge in [0.25, 0.3) is 5.92 Å². The summed E-state index contributed by atoms with van der Waals surface area (Å²) in [6.45, 7) is 8.63. The van der Waals surface area contributed by atoms with Crippen molar-refractivity contribution in [1.29, 1.82) is 0 Å². The van der Waals surface area contributed by atoms with Crippen LogP contribution in [0.25, 0.3) is 11.4 Å². The smallest absolute Gasteiger partial charge is 0.283 e. The third kappa shape index (κ3) is 5.83. The third-order valence-electron chi connectivity index (χ3n) is 5.94. The quantitative estimate of drug-likeness (QED) is 0.638. The Morgan fingerprint density at radius 1 is 1.20 bits per heavy atom. The third-order valence-corrected chi connectivity index (χ3v) is 7.31. The van der Waals surface area contributed by atoms with Crippen molar-refractivity contribution in [2.24, 2.45) is 5.41 Å². The van der Waals surface area contributed by atoms with Crippen LogP contribution in [0.5, 0.6) is 0 Å². The molecule has 2 heterocycles. The maximum absolute atomic E-state index is 15.7. The van der Waals surface area contributed by atoms with Gasteiger partial charge >= 0.3 is 0 Å². The second-order valence-electron chi connectivity index (χ2n) is 9.97. The van der Waals surface area contributed by atoms with Crippen LogP contribution in [-0.2, 0) is 21.2 Å². The highest BCUT2D eigenvalue weighted by atomic mass is 32.2. The predicted octanol–water partition coefficient (Wildman–Crippen LogP) is 3.64. The molecule has 1 aromatic carbocycles. The molecule has 0 bridgehead atoms. The maximum atomic E-state index is 15.7. The molecule has 1 amide bonds. The zero-order valence-corrected chi connectivity index (χ0v) is 21.5. The average Bonchev–Trinajstić information content (AvgIpc) is 2.97. The Labute approximate surface area is 204 Å². The summed E-state index contributed by atoms with van der Waals surface area (Å²) in [5, 5.41) is 0. The number of halogens is 3. The van der Waals surface area contributed by atoms with Gasteiger partial charge in [0, 0.05) is 16.8 Å². The Morgan fingerprint density at radius 2 is 1.80 bits per heavy atom. The van der Waals surface area contributed by atoms with Crippen molar-refractivity contribution in [3.8, 4) is 11.4 Å². The first-order valence-corrected chi connectivity index (χ1v) is 13.0. The van der Waals surface area contributed by atoms with Gasteiger partial charge in [0.05, 0.1) is 23.9 Å². The average molecular weight is 513 g/mol. The Morgan fingerprint density at radius 3 is 2.34 bits per heavy atom. The first-order valence-electron chi connectivity index (χ1n) is 11.3. The van der Waals surface area contributed by atoms with Gasteiger partial charge < -0.3 is 4.90 Å². The lowest BCUT2D eigenvalue weighted by atomic mass is 9.92. The highest BCUT2D eigenvalue weighted by molar-refractivity contribution is 7.89. The van der Waals surface area contributed by atoms with Gasteiger partial charge in [0.15, 0.2) is 5.82 Å². The summed E-state index contributed by atoms with van der Waals surface area (Å²) in [5.41, 5.74) is 0.437. The van der Waals surface area contributed by atoms with Gasteiger partial charge in [-0.3, -0.25) is 4.79 Å². The van der Waals surface area contributed by atoms with Crippen molar-refractivity contribution in [2.45, 2.75) is 66.0 Å². The van der Waals surface area contributed by atoms with Crippen molar-refractivity contribution in [1.82, 2.24) is 19.6 Å². The number of hydrogen-bond donors (Lipinski definition) is 1. The van der Waals surface area contributed by atoms with Crippen molar-refractivity contribution < 1.29 is 26.4 Å². The normalized spacial score (nSPS) is 20.3. The van der Waals surface area contributed by atoms with Gasteiger partial charge in [-0.1, -0.05) is 32.9 Å². The molecule has 0 aliphatic carbocycles. The summed E-state index contributed by atoms with van der Waals surface area (Å²) in [7, 11) is -4.04. The SMILES string of the molecule is CCS(=O)(=O)N[C@@H]1[C@H](Cc2cccc(-c3nc(C)cc(C)n3)c2F)N(C(=O)C(C)(C)C)CC1(F)F. The second kappa shape index (κ2) is 9.50. The van der Waals surface area contributed by atoms with Crippen molar-refractivity contribution in [2.75, 3.05) is 12.3 Å². The molecule has 2 aromatic rings. The Bertz CT molecular complexity index is 1210. The fourth-order valence-electron chi connectivity index (χ4n) is 4.21. The number of carbonyl (C=O) groups excluding carboxylic acids is 1. The van der Waals surface area contributed by atoms with Crippen LogP contribution in [-0.4, -0.2) is 59.5 Å². The largest absolute Gasteiger partial charge is 0.331 e. The minimum Gasteiger partial charge on any atom is -0.331 e. The molecule has 1 aliphatic heterocycles. The van der Waals surface area contributed by atoms with Crippen LogP contribution in [0.3, 0.4) is 0 Å². The van der Waals surface area contributed by atoms with E-state index in [2.05, 4.69) is 14.7 Å². The standard InChI is InChI=1S/C24H31F3N4O3S/c1-7-35(33,34)30-20-18(31(13-24(20,26)27)22(32)23(4,5)6)12-16-9-8-10-17(19(16)25)21-28-14(2)11-15(3)29-21/h8-11,18,20,30H,7,12-13H2,1-6H3/t18-,20+/m0/s1. The molecule has 3 rings (SSSR count). The molecular formula is C24H31F3N4O3S. The number of likely N-dealkylation sites (tertiary alicyclic amines) is 1. The van der Waals surface area contributed by atoms with E-state index in [4.69, 9.17) is 0 Å². The Balaban J connectivity index is 2.08. The van der Waals surface area contributed by atoms with Gasteiger partial charge in [0.1, 0.15) is 11.9 Å². The van der Waals surface area contributed by atoms with E-state index in [1.54, 1.807) is 46.8 Å². The molecule has 1 fully saturated rings. The first-order chi connectivity index (χ1) is 16.1. The number of carbonyl (C=O) groups is 1. The van der Waals surface area contributed by atoms with Crippen LogP contribution in [0.2, 0.25) is 0 Å². The molecule has 35 heavy (non-hydrogen) atoms. The van der Waals surface area contributed by atoms with Crippen LogP contribution in [0.1, 0.15) is 44.6 Å². The number of sulfonamides is 1. The van der Waals surface area contributed by atoms with E-state index < -0.39 is 57.5 Å². The number of aromatic nitrogens is 2. The van der Waals surface area contributed by atoms with Crippen LogP contribution >= 0.6 is 0 Å². The number of rotatable bonds is 6. The van der Waals surface area contributed by atoms with Gasteiger partial charge in [-0.25, -0.2) is 36.3 Å². The fraction of sp³-hybridized carbons (Fsp3) is 0.542. The van der Waals surface area contributed by atoms with E-state index in [9.17, 15) is 13.2 Å². The first kappa shape index (κ1) is 27.1. The number of amides is 1. The van der Waals surface area contributed by atoms with Gasteiger partial charge in [0.2, 0.25) is 15.9 Å². The lowest BCUT2D eigenvalue weighted by Gasteiger charge is -2.32. The minimum atomic E-state index is -4.04. The molecule has 2 atom stereocenters. The van der Waals surface area contributed by atoms with Crippen molar-refractivity contribution in [3.63, 3.8) is 0 Å². The van der Waals surface area contributed by atoms with Crippen LogP contribution in [0, 0.1) is 25.1 Å². The summed E-state index contributed by atoms with van der Waals surface area (Å²) in [6.07, 6.45) is -0.321. The monoisotopic (exact) mass is 512 g/mol. The van der Waals surface area contributed by atoms with Gasteiger partial charge in [-0.2, -0.15) is 0 Å². The summed E-state index contributed by atoms with van der Waals surface area (Å²) < 4.78 is 72.5. The van der Waals surface area contributed by atoms with E-state index in [0.29, 0.717) is 11.4 Å².